The fourth-order valence-electron chi connectivity index (χ4n) is 3.07. The standard InChI is InChI=1S/C20H26N4O3S/c1-14(25)23-16-4-2-5-17(12-16)27-11-3-8-22-19(26)18-13-28-20(24-18)15-6-9-21-10-7-15/h2,4-5,12-13,15,21H,3,6-11H2,1H3,(H,22,26)(H,23,25). The summed E-state index contributed by atoms with van der Waals surface area (Å²) in [5.74, 6) is 0.896. The minimum absolute atomic E-state index is 0.120. The third-order valence-corrected chi connectivity index (χ3v) is 5.48. The lowest BCUT2D eigenvalue weighted by atomic mass is 9.99. The van der Waals surface area contributed by atoms with E-state index in [9.17, 15) is 9.59 Å². The molecule has 1 aromatic heterocycles. The fraction of sp³-hybridized carbons (Fsp3) is 0.450. The van der Waals surface area contributed by atoms with Gasteiger partial charge in [-0.25, -0.2) is 4.98 Å². The van der Waals surface area contributed by atoms with Gasteiger partial charge in [-0.05, 0) is 44.5 Å². The number of carbonyl (C=O) groups excluding carboxylic acids is 2. The lowest BCUT2D eigenvalue weighted by molar-refractivity contribution is -0.114. The average molecular weight is 403 g/mol. The van der Waals surface area contributed by atoms with Crippen molar-refractivity contribution in [2.75, 3.05) is 31.6 Å². The molecular formula is C20H26N4O3S. The van der Waals surface area contributed by atoms with E-state index in [2.05, 4.69) is 20.9 Å². The molecule has 0 bridgehead atoms. The van der Waals surface area contributed by atoms with Crippen molar-refractivity contribution >= 4 is 28.8 Å². The Balaban J connectivity index is 1.38. The van der Waals surface area contributed by atoms with Crippen LogP contribution in [0.25, 0.3) is 0 Å². The molecule has 0 saturated carbocycles. The van der Waals surface area contributed by atoms with Crippen LogP contribution in [0.15, 0.2) is 29.6 Å². The number of thiazole rings is 1. The smallest absolute Gasteiger partial charge is 0.270 e. The number of aromatic nitrogens is 1. The monoisotopic (exact) mass is 402 g/mol. The predicted molar refractivity (Wildman–Crippen MR) is 110 cm³/mol. The van der Waals surface area contributed by atoms with E-state index in [1.54, 1.807) is 23.5 Å². The number of benzene rings is 1. The first-order chi connectivity index (χ1) is 13.6. The predicted octanol–water partition coefficient (Wildman–Crippen LogP) is 2.77. The van der Waals surface area contributed by atoms with Crippen molar-refractivity contribution < 1.29 is 14.3 Å². The van der Waals surface area contributed by atoms with Gasteiger partial charge in [0, 0.05) is 36.5 Å². The molecule has 2 heterocycles. The van der Waals surface area contributed by atoms with E-state index < -0.39 is 0 Å². The number of nitrogens with one attached hydrogen (secondary N) is 3. The van der Waals surface area contributed by atoms with Crippen LogP contribution in [0.5, 0.6) is 5.75 Å². The number of anilines is 1. The summed E-state index contributed by atoms with van der Waals surface area (Å²) in [6, 6.07) is 7.24. The highest BCUT2D eigenvalue weighted by atomic mass is 32.1. The maximum atomic E-state index is 12.3. The summed E-state index contributed by atoms with van der Waals surface area (Å²) in [4.78, 5) is 27.9. The molecule has 0 aliphatic carbocycles. The molecule has 0 radical (unpaired) electrons. The first-order valence-corrected chi connectivity index (χ1v) is 10.4. The Morgan fingerprint density at radius 1 is 1.32 bits per heavy atom. The molecule has 1 aromatic carbocycles. The van der Waals surface area contributed by atoms with Crippen LogP contribution in [0.3, 0.4) is 0 Å². The molecule has 150 valence electrons. The lowest BCUT2D eigenvalue weighted by Gasteiger charge is -2.20. The zero-order valence-corrected chi connectivity index (χ0v) is 16.8. The van der Waals surface area contributed by atoms with Gasteiger partial charge in [0.1, 0.15) is 11.4 Å². The summed E-state index contributed by atoms with van der Waals surface area (Å²) in [7, 11) is 0. The average Bonchev–Trinajstić information content (AvgIpc) is 3.18. The molecular weight excluding hydrogens is 376 g/mol. The Morgan fingerprint density at radius 2 is 2.14 bits per heavy atom. The van der Waals surface area contributed by atoms with Gasteiger partial charge in [-0.2, -0.15) is 0 Å². The highest BCUT2D eigenvalue weighted by Gasteiger charge is 2.20. The first-order valence-electron chi connectivity index (χ1n) is 9.56. The second kappa shape index (κ2) is 10.2. The molecule has 0 unspecified atom stereocenters. The van der Waals surface area contributed by atoms with E-state index in [1.165, 1.54) is 6.92 Å². The maximum absolute atomic E-state index is 12.3. The Bertz CT molecular complexity index is 802. The van der Waals surface area contributed by atoms with Crippen LogP contribution in [-0.2, 0) is 4.79 Å². The van der Waals surface area contributed by atoms with Crippen molar-refractivity contribution in [1.29, 1.82) is 0 Å². The topological polar surface area (TPSA) is 92.4 Å². The van der Waals surface area contributed by atoms with Gasteiger partial charge in [0.25, 0.3) is 5.91 Å². The molecule has 7 nitrogen and oxygen atoms in total. The minimum atomic E-state index is -0.135. The molecule has 2 amide bonds. The highest BCUT2D eigenvalue weighted by Crippen LogP contribution is 2.27. The number of ether oxygens (including phenoxy) is 1. The first kappa shape index (κ1) is 20.3. The van der Waals surface area contributed by atoms with Crippen LogP contribution in [0, 0.1) is 0 Å². The molecule has 0 spiro atoms. The molecule has 1 fully saturated rings. The Kier molecular flexibility index (Phi) is 7.39. The second-order valence-corrected chi connectivity index (χ2v) is 7.65. The Morgan fingerprint density at radius 3 is 2.93 bits per heavy atom. The van der Waals surface area contributed by atoms with Crippen LogP contribution < -0.4 is 20.7 Å². The summed E-state index contributed by atoms with van der Waals surface area (Å²) in [5.41, 5.74) is 1.20. The number of rotatable bonds is 8. The lowest BCUT2D eigenvalue weighted by Crippen LogP contribution is -2.27. The molecule has 3 rings (SSSR count). The summed E-state index contributed by atoms with van der Waals surface area (Å²) in [6.07, 6.45) is 2.84. The van der Waals surface area contributed by atoms with E-state index in [4.69, 9.17) is 4.74 Å². The van der Waals surface area contributed by atoms with Crippen LogP contribution in [0.4, 0.5) is 5.69 Å². The zero-order valence-electron chi connectivity index (χ0n) is 16.0. The van der Waals surface area contributed by atoms with Gasteiger partial charge in [-0.3, -0.25) is 9.59 Å². The summed E-state index contributed by atoms with van der Waals surface area (Å²) < 4.78 is 5.68. The molecule has 1 aliphatic rings. The second-order valence-electron chi connectivity index (χ2n) is 6.76. The normalized spacial score (nSPS) is 14.5. The summed E-state index contributed by atoms with van der Waals surface area (Å²) in [6.45, 7) is 4.48. The Labute approximate surface area is 168 Å². The van der Waals surface area contributed by atoms with Gasteiger partial charge < -0.3 is 20.7 Å². The van der Waals surface area contributed by atoms with E-state index in [-0.39, 0.29) is 11.8 Å². The number of carbonyl (C=O) groups is 2. The third-order valence-electron chi connectivity index (χ3n) is 4.47. The van der Waals surface area contributed by atoms with Crippen LogP contribution in [0.1, 0.15) is 47.6 Å². The van der Waals surface area contributed by atoms with E-state index in [0.29, 0.717) is 42.6 Å². The highest BCUT2D eigenvalue weighted by molar-refractivity contribution is 7.09. The maximum Gasteiger partial charge on any atom is 0.270 e. The van der Waals surface area contributed by atoms with Crippen molar-refractivity contribution in [3.05, 3.63) is 40.3 Å². The van der Waals surface area contributed by atoms with Crippen molar-refractivity contribution in [3.63, 3.8) is 0 Å². The zero-order chi connectivity index (χ0) is 19.8. The molecule has 28 heavy (non-hydrogen) atoms. The van der Waals surface area contributed by atoms with Gasteiger partial charge in [-0.1, -0.05) is 6.07 Å². The van der Waals surface area contributed by atoms with Crippen LogP contribution in [-0.4, -0.2) is 43.0 Å². The van der Waals surface area contributed by atoms with E-state index in [1.807, 2.05) is 17.5 Å². The number of nitrogens with zero attached hydrogens (tertiary/aromatic N) is 1. The molecule has 1 saturated heterocycles. The quantitative estimate of drug-likeness (QED) is 0.591. The summed E-state index contributed by atoms with van der Waals surface area (Å²) >= 11 is 1.58. The van der Waals surface area contributed by atoms with Gasteiger partial charge >= 0.3 is 0 Å². The molecule has 8 heteroatoms. The van der Waals surface area contributed by atoms with Gasteiger partial charge in [0.15, 0.2) is 0 Å². The van der Waals surface area contributed by atoms with Crippen molar-refractivity contribution in [2.24, 2.45) is 0 Å². The van der Waals surface area contributed by atoms with E-state index >= 15 is 0 Å². The largest absolute Gasteiger partial charge is 0.493 e. The van der Waals surface area contributed by atoms with Gasteiger partial charge in [-0.15, -0.1) is 11.3 Å². The molecule has 3 N–H and O–H groups in total. The van der Waals surface area contributed by atoms with Crippen molar-refractivity contribution in [1.82, 2.24) is 15.6 Å². The van der Waals surface area contributed by atoms with Crippen LogP contribution in [0.2, 0.25) is 0 Å². The number of hydrogen-bond acceptors (Lipinski definition) is 6. The fourth-order valence-corrected chi connectivity index (χ4v) is 4.04. The van der Waals surface area contributed by atoms with Gasteiger partial charge in [0.05, 0.1) is 11.6 Å². The van der Waals surface area contributed by atoms with Gasteiger partial charge in [0.2, 0.25) is 5.91 Å². The molecule has 1 aliphatic heterocycles. The molecule has 0 atom stereocenters. The number of piperidine rings is 1. The summed E-state index contributed by atoms with van der Waals surface area (Å²) in [5, 5.41) is 11.9. The SMILES string of the molecule is CC(=O)Nc1cccc(OCCCNC(=O)c2csc(C3CCNCC3)n2)c1. The van der Waals surface area contributed by atoms with Crippen molar-refractivity contribution in [2.45, 2.75) is 32.1 Å². The number of hydrogen-bond donors (Lipinski definition) is 3. The van der Waals surface area contributed by atoms with E-state index in [0.717, 1.165) is 30.9 Å². The van der Waals surface area contributed by atoms with Crippen LogP contribution >= 0.6 is 11.3 Å². The minimum Gasteiger partial charge on any atom is -0.493 e. The number of amides is 2. The van der Waals surface area contributed by atoms with Crippen molar-refractivity contribution in [3.8, 4) is 5.75 Å². The Hall–Kier alpha value is -2.45. The third kappa shape index (κ3) is 6.03. The molecule has 2 aromatic rings.